The number of rotatable bonds is 7. The molecule has 0 spiro atoms. The Balaban J connectivity index is 1.51. The zero-order valence-electron chi connectivity index (χ0n) is 18.0. The number of aromatic nitrogens is 2. The predicted molar refractivity (Wildman–Crippen MR) is 126 cm³/mol. The van der Waals surface area contributed by atoms with Crippen molar-refractivity contribution in [2.45, 2.75) is 6.54 Å². The Morgan fingerprint density at radius 2 is 1.97 bits per heavy atom. The number of carbonyl (C=O) groups is 1. The van der Waals surface area contributed by atoms with Crippen LogP contribution in [0.1, 0.15) is 21.6 Å². The van der Waals surface area contributed by atoms with Gasteiger partial charge in [0, 0.05) is 68.0 Å². The summed E-state index contributed by atoms with van der Waals surface area (Å²) in [7, 11) is 1.80. The molecule has 0 saturated carbocycles. The molecule has 3 aromatic rings. The Bertz CT molecular complexity index is 1150. The van der Waals surface area contributed by atoms with Crippen molar-refractivity contribution in [1.29, 1.82) is 5.41 Å². The van der Waals surface area contributed by atoms with E-state index in [1.807, 2.05) is 30.3 Å². The van der Waals surface area contributed by atoms with E-state index in [9.17, 15) is 4.79 Å². The smallest absolute Gasteiger partial charge is 0.256 e. The van der Waals surface area contributed by atoms with E-state index in [-0.39, 0.29) is 5.91 Å². The van der Waals surface area contributed by atoms with Gasteiger partial charge in [-0.15, -0.1) is 0 Å². The van der Waals surface area contributed by atoms with Crippen molar-refractivity contribution in [3.8, 4) is 0 Å². The molecule has 4 rings (SSSR count). The van der Waals surface area contributed by atoms with Gasteiger partial charge < -0.3 is 20.8 Å². The van der Waals surface area contributed by atoms with Crippen LogP contribution in [0.3, 0.4) is 0 Å². The largest absolute Gasteiger partial charge is 0.393 e. The second kappa shape index (κ2) is 10.1. The number of pyridine rings is 2. The highest BCUT2D eigenvalue weighted by molar-refractivity contribution is 6.09. The number of benzene rings is 1. The molecule has 2 aromatic heterocycles. The molecule has 8 heteroatoms. The number of fused-ring (bicyclic) bond motifs is 1. The molecule has 3 N–H and O–H groups in total. The third-order valence-electron chi connectivity index (χ3n) is 5.32. The van der Waals surface area contributed by atoms with Crippen LogP contribution in [0.15, 0.2) is 55.0 Å². The van der Waals surface area contributed by atoms with Crippen molar-refractivity contribution in [1.82, 2.24) is 20.2 Å². The second-order valence-corrected chi connectivity index (χ2v) is 7.54. The van der Waals surface area contributed by atoms with E-state index in [1.165, 1.54) is 6.21 Å². The Kier molecular flexibility index (Phi) is 6.84. The van der Waals surface area contributed by atoms with E-state index < -0.39 is 0 Å². The third kappa shape index (κ3) is 5.16. The summed E-state index contributed by atoms with van der Waals surface area (Å²) >= 11 is 0. The molecule has 1 aliphatic heterocycles. The molecule has 8 nitrogen and oxygen atoms in total. The molecule has 1 aromatic carbocycles. The Labute approximate surface area is 186 Å². The predicted octanol–water partition coefficient (Wildman–Crippen LogP) is 2.92. The van der Waals surface area contributed by atoms with Gasteiger partial charge in [-0.25, -0.2) is 4.98 Å². The summed E-state index contributed by atoms with van der Waals surface area (Å²) in [5.74, 6) is 0.245. The minimum absolute atomic E-state index is 0.228. The molecule has 0 bridgehead atoms. The number of allylic oxidation sites excluding steroid dienone is 1. The van der Waals surface area contributed by atoms with Crippen molar-refractivity contribution in [2.75, 3.05) is 38.7 Å². The van der Waals surface area contributed by atoms with Crippen molar-refractivity contribution in [2.24, 2.45) is 0 Å². The van der Waals surface area contributed by atoms with E-state index in [0.717, 1.165) is 53.9 Å². The van der Waals surface area contributed by atoms with Gasteiger partial charge in [-0.1, -0.05) is 12.1 Å². The molecule has 0 radical (unpaired) electrons. The molecule has 3 heterocycles. The van der Waals surface area contributed by atoms with Gasteiger partial charge in [0.2, 0.25) is 0 Å². The van der Waals surface area contributed by atoms with Crippen molar-refractivity contribution in [3.63, 3.8) is 0 Å². The number of amides is 1. The number of carbonyl (C=O) groups excluding carboxylic acids is 1. The SMILES string of the molecule is CN/C=C(\C=N)c1ccc2cnc(NC(=O)c3ccnc(CN4CCOCC4)c3)cc2c1. The van der Waals surface area contributed by atoms with Gasteiger partial charge in [0.25, 0.3) is 5.91 Å². The summed E-state index contributed by atoms with van der Waals surface area (Å²) in [6, 6.07) is 11.3. The van der Waals surface area contributed by atoms with Crippen LogP contribution in [-0.2, 0) is 11.3 Å². The first-order valence-corrected chi connectivity index (χ1v) is 10.5. The zero-order chi connectivity index (χ0) is 22.3. The number of nitrogens with zero attached hydrogens (tertiary/aromatic N) is 3. The fraction of sp³-hybridized carbons (Fsp3) is 0.250. The van der Waals surface area contributed by atoms with E-state index in [2.05, 4.69) is 25.5 Å². The summed E-state index contributed by atoms with van der Waals surface area (Å²) in [6.45, 7) is 3.87. The molecule has 32 heavy (non-hydrogen) atoms. The fourth-order valence-corrected chi connectivity index (χ4v) is 3.64. The van der Waals surface area contributed by atoms with Crippen LogP contribution < -0.4 is 10.6 Å². The van der Waals surface area contributed by atoms with Crippen LogP contribution in [0, 0.1) is 5.41 Å². The van der Waals surface area contributed by atoms with Gasteiger partial charge >= 0.3 is 0 Å². The average Bonchev–Trinajstić information content (AvgIpc) is 2.83. The summed E-state index contributed by atoms with van der Waals surface area (Å²) in [6.07, 6.45) is 6.48. The van der Waals surface area contributed by atoms with E-state index in [4.69, 9.17) is 10.1 Å². The quantitative estimate of drug-likeness (QED) is 0.498. The van der Waals surface area contributed by atoms with Crippen LogP contribution in [0.4, 0.5) is 5.82 Å². The first kappa shape index (κ1) is 21.6. The van der Waals surface area contributed by atoms with Gasteiger partial charge in [-0.2, -0.15) is 0 Å². The van der Waals surface area contributed by atoms with Crippen LogP contribution in [-0.4, -0.2) is 60.3 Å². The molecule has 0 atom stereocenters. The molecule has 1 amide bonds. The molecular weight excluding hydrogens is 404 g/mol. The minimum Gasteiger partial charge on any atom is -0.393 e. The van der Waals surface area contributed by atoms with Crippen molar-refractivity contribution in [3.05, 3.63) is 71.8 Å². The number of nitrogens with one attached hydrogen (secondary N) is 3. The first-order chi connectivity index (χ1) is 15.7. The molecule has 164 valence electrons. The topological polar surface area (TPSA) is 103 Å². The monoisotopic (exact) mass is 430 g/mol. The Hall–Kier alpha value is -3.62. The summed E-state index contributed by atoms with van der Waals surface area (Å²) in [5, 5.41) is 15.3. The maximum absolute atomic E-state index is 12.8. The zero-order valence-corrected chi connectivity index (χ0v) is 18.0. The number of anilines is 1. The van der Waals surface area contributed by atoms with E-state index >= 15 is 0 Å². The highest BCUT2D eigenvalue weighted by atomic mass is 16.5. The van der Waals surface area contributed by atoms with Gasteiger partial charge in [-0.05, 0) is 35.2 Å². The molecular formula is C24H26N6O2. The first-order valence-electron chi connectivity index (χ1n) is 10.5. The fourth-order valence-electron chi connectivity index (χ4n) is 3.64. The lowest BCUT2D eigenvalue weighted by molar-refractivity contribution is 0.0336. The average molecular weight is 431 g/mol. The summed E-state index contributed by atoms with van der Waals surface area (Å²) in [4.78, 5) is 23.9. The van der Waals surface area contributed by atoms with Gasteiger partial charge in [-0.3, -0.25) is 14.7 Å². The van der Waals surface area contributed by atoms with Crippen LogP contribution in [0.2, 0.25) is 0 Å². The molecule has 1 saturated heterocycles. The number of hydrogen-bond donors (Lipinski definition) is 3. The molecule has 0 unspecified atom stereocenters. The normalized spacial score (nSPS) is 14.8. The van der Waals surface area contributed by atoms with Crippen LogP contribution in [0.25, 0.3) is 16.3 Å². The Morgan fingerprint density at radius 3 is 2.75 bits per heavy atom. The Morgan fingerprint density at radius 1 is 1.12 bits per heavy atom. The summed E-state index contributed by atoms with van der Waals surface area (Å²) < 4.78 is 5.38. The summed E-state index contributed by atoms with van der Waals surface area (Å²) in [5.41, 5.74) is 3.07. The number of ether oxygens (including phenoxy) is 1. The lowest BCUT2D eigenvalue weighted by Gasteiger charge is -2.26. The van der Waals surface area contributed by atoms with Crippen molar-refractivity contribution >= 4 is 34.3 Å². The molecule has 1 fully saturated rings. The standard InChI is InChI=1S/C24H26N6O2/c1-26-14-21(13-25)17-2-3-19-15-28-23(12-20(19)10-17)29-24(31)18-4-5-27-22(11-18)16-30-6-8-32-9-7-30/h2-5,10-15,25-26H,6-9,16H2,1H3,(H,28,29,31)/b21-14+,25-13?. The lowest BCUT2D eigenvalue weighted by Crippen LogP contribution is -2.35. The minimum atomic E-state index is -0.228. The molecule has 0 aliphatic carbocycles. The van der Waals surface area contributed by atoms with Gasteiger partial charge in [0.15, 0.2) is 0 Å². The van der Waals surface area contributed by atoms with E-state index in [1.54, 1.807) is 31.7 Å². The third-order valence-corrected chi connectivity index (χ3v) is 5.32. The van der Waals surface area contributed by atoms with Crippen LogP contribution >= 0.6 is 0 Å². The van der Waals surface area contributed by atoms with Gasteiger partial charge in [0.05, 0.1) is 18.9 Å². The maximum Gasteiger partial charge on any atom is 0.256 e. The van der Waals surface area contributed by atoms with E-state index in [0.29, 0.717) is 17.9 Å². The number of hydrogen-bond acceptors (Lipinski definition) is 7. The molecule has 1 aliphatic rings. The second-order valence-electron chi connectivity index (χ2n) is 7.54. The maximum atomic E-state index is 12.8. The number of morpholine rings is 1. The lowest BCUT2D eigenvalue weighted by atomic mass is 10.0. The van der Waals surface area contributed by atoms with Gasteiger partial charge in [0.1, 0.15) is 5.82 Å². The highest BCUT2D eigenvalue weighted by Gasteiger charge is 2.14. The van der Waals surface area contributed by atoms with Crippen LogP contribution in [0.5, 0.6) is 0 Å². The van der Waals surface area contributed by atoms with Crippen molar-refractivity contribution < 1.29 is 9.53 Å². The highest BCUT2D eigenvalue weighted by Crippen LogP contribution is 2.22.